The predicted octanol–water partition coefficient (Wildman–Crippen LogP) is 3.51. The molecule has 1 N–H and O–H groups in total. The van der Waals surface area contributed by atoms with E-state index in [0.29, 0.717) is 38.8 Å². The topological polar surface area (TPSA) is 96.4 Å². The molecule has 0 saturated carbocycles. The zero-order valence-electron chi connectivity index (χ0n) is 23.6. The molecule has 3 fully saturated rings. The number of unbranched alkanes of at least 4 members (excludes halogenated alkanes) is 2. The van der Waals surface area contributed by atoms with Crippen molar-refractivity contribution in [2.24, 2.45) is 11.8 Å². The fraction of sp³-hybridized carbons (Fsp3) is 0.645. The maximum absolute atomic E-state index is 14.5. The highest BCUT2D eigenvalue weighted by Gasteiger charge is 2.79. The average molecular weight is 541 g/mol. The number of likely N-dealkylation sites (tertiary alicyclic amines) is 1. The number of aliphatic hydroxyl groups is 1. The van der Waals surface area contributed by atoms with Crippen LogP contribution in [0.4, 0.5) is 0 Å². The lowest BCUT2D eigenvalue weighted by molar-refractivity contribution is -0.163. The molecule has 2 bridgehead atoms. The Morgan fingerprint density at radius 3 is 2.59 bits per heavy atom. The van der Waals surface area contributed by atoms with Crippen LogP contribution in [-0.4, -0.2) is 82.3 Å². The van der Waals surface area contributed by atoms with E-state index in [1.54, 1.807) is 22.8 Å². The number of carbonyl (C=O) groups excluding carboxylic acids is 3. The van der Waals surface area contributed by atoms with Crippen LogP contribution in [0.25, 0.3) is 0 Å². The molecule has 4 rings (SSSR count). The van der Waals surface area contributed by atoms with Gasteiger partial charge in [-0.05, 0) is 44.6 Å². The summed E-state index contributed by atoms with van der Waals surface area (Å²) in [4.78, 5) is 45.6. The van der Waals surface area contributed by atoms with Gasteiger partial charge in [0.1, 0.15) is 17.6 Å². The van der Waals surface area contributed by atoms with Crippen molar-refractivity contribution in [3.63, 3.8) is 0 Å². The normalized spacial score (nSPS) is 29.8. The molecule has 3 aliphatic rings. The number of esters is 1. The second-order valence-electron chi connectivity index (χ2n) is 11.1. The SMILES string of the molecule is C=CCN(CCCCC)C(=O)C1N([C@@H](CO)Cc2ccccc2)C(=O)[C@@H]2[C@@H](C(=O)OCC)[C@@]3(CC)CCC12O3. The zero-order chi connectivity index (χ0) is 28.2. The zero-order valence-corrected chi connectivity index (χ0v) is 23.6. The molecule has 0 radical (unpaired) electrons. The monoisotopic (exact) mass is 540 g/mol. The number of aliphatic hydroxyl groups excluding tert-OH is 1. The first-order valence-electron chi connectivity index (χ1n) is 14.6. The van der Waals surface area contributed by atoms with Crippen molar-refractivity contribution in [2.75, 3.05) is 26.3 Å². The molecule has 2 unspecified atom stereocenters. The number of hydrogen-bond acceptors (Lipinski definition) is 6. The van der Waals surface area contributed by atoms with Crippen molar-refractivity contribution in [1.82, 2.24) is 9.80 Å². The summed E-state index contributed by atoms with van der Waals surface area (Å²) in [6.45, 7) is 10.5. The van der Waals surface area contributed by atoms with Gasteiger partial charge in [-0.2, -0.15) is 0 Å². The van der Waals surface area contributed by atoms with Crippen molar-refractivity contribution < 1.29 is 29.0 Å². The molecule has 1 aromatic carbocycles. The third kappa shape index (κ3) is 5.02. The Kier molecular flexibility index (Phi) is 9.17. The van der Waals surface area contributed by atoms with E-state index in [0.717, 1.165) is 24.8 Å². The highest BCUT2D eigenvalue weighted by molar-refractivity contribution is 5.98. The van der Waals surface area contributed by atoms with E-state index in [9.17, 15) is 19.5 Å². The fourth-order valence-electron chi connectivity index (χ4n) is 7.23. The van der Waals surface area contributed by atoms with Crippen molar-refractivity contribution in [1.29, 1.82) is 0 Å². The minimum atomic E-state index is -1.14. The summed E-state index contributed by atoms with van der Waals surface area (Å²) >= 11 is 0. The Bertz CT molecular complexity index is 1050. The Hall–Kier alpha value is -2.71. The highest BCUT2D eigenvalue weighted by atomic mass is 16.6. The van der Waals surface area contributed by atoms with Gasteiger partial charge in [0.2, 0.25) is 11.8 Å². The molecule has 8 heteroatoms. The third-order valence-electron chi connectivity index (χ3n) is 9.00. The van der Waals surface area contributed by atoms with Crippen molar-refractivity contribution in [3.05, 3.63) is 48.6 Å². The summed E-state index contributed by atoms with van der Waals surface area (Å²) in [5, 5.41) is 10.6. The van der Waals surface area contributed by atoms with E-state index in [1.807, 2.05) is 37.3 Å². The number of carbonyl (C=O) groups is 3. The smallest absolute Gasteiger partial charge is 0.312 e. The van der Waals surface area contributed by atoms with Gasteiger partial charge in [-0.3, -0.25) is 14.4 Å². The molecule has 1 aromatic rings. The van der Waals surface area contributed by atoms with Gasteiger partial charge in [0.15, 0.2) is 0 Å². The number of hydrogen-bond donors (Lipinski definition) is 1. The van der Waals surface area contributed by atoms with Gasteiger partial charge >= 0.3 is 5.97 Å². The van der Waals surface area contributed by atoms with Crippen LogP contribution in [0.3, 0.4) is 0 Å². The molecule has 3 aliphatic heterocycles. The summed E-state index contributed by atoms with van der Waals surface area (Å²) in [7, 11) is 0. The average Bonchev–Trinajstić information content (AvgIpc) is 3.55. The Morgan fingerprint density at radius 1 is 1.23 bits per heavy atom. The summed E-state index contributed by atoms with van der Waals surface area (Å²) in [6.07, 6.45) is 6.55. The Balaban J connectivity index is 1.80. The molecule has 214 valence electrons. The fourth-order valence-corrected chi connectivity index (χ4v) is 7.23. The maximum Gasteiger partial charge on any atom is 0.312 e. The summed E-state index contributed by atoms with van der Waals surface area (Å²) in [6, 6.07) is 8.06. The molecule has 3 heterocycles. The third-order valence-corrected chi connectivity index (χ3v) is 9.00. The van der Waals surface area contributed by atoms with E-state index in [2.05, 4.69) is 13.5 Å². The number of amides is 2. The van der Waals surface area contributed by atoms with Crippen molar-refractivity contribution in [2.45, 2.75) is 89.0 Å². The number of benzene rings is 1. The minimum absolute atomic E-state index is 0.201. The van der Waals surface area contributed by atoms with Gasteiger partial charge in [0.25, 0.3) is 0 Å². The van der Waals surface area contributed by atoms with Crippen LogP contribution in [-0.2, 0) is 30.3 Å². The molecule has 0 aromatic heterocycles. The van der Waals surface area contributed by atoms with Crippen molar-refractivity contribution >= 4 is 17.8 Å². The van der Waals surface area contributed by atoms with Crippen LogP contribution < -0.4 is 0 Å². The molecular formula is C31H44N2O6. The van der Waals surface area contributed by atoms with Gasteiger partial charge in [-0.1, -0.05) is 63.1 Å². The minimum Gasteiger partial charge on any atom is -0.466 e. The van der Waals surface area contributed by atoms with E-state index in [4.69, 9.17) is 9.47 Å². The highest BCUT2D eigenvalue weighted by Crippen LogP contribution is 2.64. The lowest BCUT2D eigenvalue weighted by atomic mass is 9.65. The molecule has 39 heavy (non-hydrogen) atoms. The molecule has 6 atom stereocenters. The number of fused-ring (bicyclic) bond motifs is 1. The van der Waals surface area contributed by atoms with Crippen molar-refractivity contribution in [3.8, 4) is 0 Å². The largest absolute Gasteiger partial charge is 0.466 e. The quantitative estimate of drug-likeness (QED) is 0.220. The second kappa shape index (κ2) is 12.2. The first-order valence-corrected chi connectivity index (χ1v) is 14.6. The summed E-state index contributed by atoms with van der Waals surface area (Å²) in [5.74, 6) is -2.56. The Morgan fingerprint density at radius 2 is 1.97 bits per heavy atom. The van der Waals surface area contributed by atoms with E-state index in [1.165, 1.54) is 0 Å². The van der Waals surface area contributed by atoms with E-state index < -0.39 is 41.1 Å². The van der Waals surface area contributed by atoms with E-state index in [-0.39, 0.29) is 25.0 Å². The lowest BCUT2D eigenvalue weighted by Gasteiger charge is -2.39. The lowest BCUT2D eigenvalue weighted by Crippen LogP contribution is -2.59. The van der Waals surface area contributed by atoms with Crippen LogP contribution in [0, 0.1) is 11.8 Å². The second-order valence-corrected chi connectivity index (χ2v) is 11.1. The molecule has 2 amide bonds. The molecule has 3 saturated heterocycles. The van der Waals surface area contributed by atoms with Crippen LogP contribution in [0.1, 0.15) is 64.9 Å². The number of ether oxygens (including phenoxy) is 2. The van der Waals surface area contributed by atoms with Gasteiger partial charge < -0.3 is 24.4 Å². The standard InChI is InChI=1S/C31H44N2O6/c1-5-9-13-19-32(18-6-2)28(36)26-31-17-16-30(7-3,39-31)25(29(37)38-8-4)24(31)27(35)33(26)23(21-34)20-22-14-11-10-12-15-22/h6,10-12,14-15,23-26,34H,2,5,7-9,13,16-21H2,1,3-4H3/t23-,24+,25+,26?,30-,31?/m1/s1. The molecule has 0 aliphatic carbocycles. The van der Waals surface area contributed by atoms with Crippen LogP contribution in [0.5, 0.6) is 0 Å². The van der Waals surface area contributed by atoms with Crippen LogP contribution in [0.2, 0.25) is 0 Å². The number of nitrogens with zero attached hydrogens (tertiary/aromatic N) is 2. The van der Waals surface area contributed by atoms with Crippen LogP contribution in [0.15, 0.2) is 43.0 Å². The summed E-state index contributed by atoms with van der Waals surface area (Å²) < 4.78 is 12.3. The molecular weight excluding hydrogens is 496 g/mol. The first-order chi connectivity index (χ1) is 18.8. The van der Waals surface area contributed by atoms with E-state index >= 15 is 0 Å². The Labute approximate surface area is 232 Å². The predicted molar refractivity (Wildman–Crippen MR) is 148 cm³/mol. The first kappa shape index (κ1) is 29.3. The van der Waals surface area contributed by atoms with Gasteiger partial charge in [-0.15, -0.1) is 6.58 Å². The van der Waals surface area contributed by atoms with Crippen LogP contribution >= 0.6 is 0 Å². The van der Waals surface area contributed by atoms with Gasteiger partial charge in [-0.25, -0.2) is 0 Å². The van der Waals surface area contributed by atoms with Gasteiger partial charge in [0, 0.05) is 13.1 Å². The summed E-state index contributed by atoms with van der Waals surface area (Å²) in [5.41, 5.74) is -1.03. The van der Waals surface area contributed by atoms with Gasteiger partial charge in [0.05, 0.1) is 30.8 Å². The molecule has 1 spiro atoms. The number of rotatable bonds is 14. The molecule has 8 nitrogen and oxygen atoms in total. The maximum atomic E-state index is 14.5.